The summed E-state index contributed by atoms with van der Waals surface area (Å²) in [4.78, 5) is 10.5. The van der Waals surface area contributed by atoms with Gasteiger partial charge in [0, 0.05) is 19.0 Å². The van der Waals surface area contributed by atoms with Crippen molar-refractivity contribution in [3.8, 4) is 0 Å². The lowest BCUT2D eigenvalue weighted by molar-refractivity contribution is 0.629. The molecule has 4 heteroatoms. The van der Waals surface area contributed by atoms with Crippen LogP contribution in [0.2, 0.25) is 0 Å². The fourth-order valence-corrected chi connectivity index (χ4v) is 2.44. The van der Waals surface area contributed by atoms with Crippen LogP contribution in [0.3, 0.4) is 0 Å². The van der Waals surface area contributed by atoms with E-state index < -0.39 is 0 Å². The van der Waals surface area contributed by atoms with Crippen molar-refractivity contribution in [1.82, 2.24) is 9.97 Å². The number of aromatic nitrogens is 2. The summed E-state index contributed by atoms with van der Waals surface area (Å²) < 4.78 is 13.5. The van der Waals surface area contributed by atoms with Crippen LogP contribution in [0, 0.1) is 12.7 Å². The second-order valence-electron chi connectivity index (χ2n) is 5.14. The number of hydrogen-bond donors (Lipinski definition) is 0. The molecule has 0 aliphatic rings. The molecule has 2 aromatic carbocycles. The van der Waals surface area contributed by atoms with Crippen LogP contribution in [-0.2, 0) is 6.54 Å². The molecule has 0 saturated carbocycles. The summed E-state index contributed by atoms with van der Waals surface area (Å²) in [6.45, 7) is 2.80. The maximum atomic E-state index is 13.5. The zero-order chi connectivity index (χ0) is 14.8. The third-order valence-corrected chi connectivity index (χ3v) is 3.61. The topological polar surface area (TPSA) is 29.0 Å². The lowest BCUT2D eigenvalue weighted by Gasteiger charge is -2.20. The van der Waals surface area contributed by atoms with E-state index in [1.54, 1.807) is 6.07 Å². The third-order valence-electron chi connectivity index (χ3n) is 3.61. The van der Waals surface area contributed by atoms with Gasteiger partial charge in [-0.2, -0.15) is 0 Å². The van der Waals surface area contributed by atoms with Crippen molar-refractivity contribution in [2.75, 3.05) is 11.9 Å². The first-order chi connectivity index (χ1) is 10.1. The Morgan fingerprint density at radius 1 is 1.10 bits per heavy atom. The van der Waals surface area contributed by atoms with Gasteiger partial charge in [0.1, 0.15) is 18.0 Å². The van der Waals surface area contributed by atoms with Crippen molar-refractivity contribution in [3.63, 3.8) is 0 Å². The molecule has 21 heavy (non-hydrogen) atoms. The molecule has 0 aliphatic heterocycles. The van der Waals surface area contributed by atoms with E-state index in [1.165, 1.54) is 29.6 Å². The van der Waals surface area contributed by atoms with Gasteiger partial charge < -0.3 is 4.90 Å². The highest BCUT2D eigenvalue weighted by Gasteiger charge is 2.10. The fraction of sp³-hybridized carbons (Fsp3) is 0.176. The summed E-state index contributed by atoms with van der Waals surface area (Å²) in [6.07, 6.45) is 1.52. The van der Waals surface area contributed by atoms with E-state index in [2.05, 4.69) is 29.0 Å². The van der Waals surface area contributed by atoms with E-state index in [-0.39, 0.29) is 5.82 Å². The molecule has 0 spiro atoms. The van der Waals surface area contributed by atoms with Gasteiger partial charge in [-0.25, -0.2) is 14.4 Å². The van der Waals surface area contributed by atoms with Crippen molar-refractivity contribution in [2.24, 2.45) is 0 Å². The summed E-state index contributed by atoms with van der Waals surface area (Å²) >= 11 is 0. The van der Waals surface area contributed by atoms with Gasteiger partial charge in [-0.1, -0.05) is 24.3 Å². The Balaban J connectivity index is 2.00. The number of halogens is 1. The zero-order valence-corrected chi connectivity index (χ0v) is 12.0. The van der Waals surface area contributed by atoms with E-state index in [9.17, 15) is 4.39 Å². The number of benzene rings is 2. The Hall–Kier alpha value is -2.49. The molecule has 0 radical (unpaired) electrons. The summed E-state index contributed by atoms with van der Waals surface area (Å²) in [5.74, 6) is 0.464. The second kappa shape index (κ2) is 5.48. The Morgan fingerprint density at radius 2 is 1.90 bits per heavy atom. The molecule has 3 rings (SSSR count). The first-order valence-electron chi connectivity index (χ1n) is 6.81. The number of nitrogens with zero attached hydrogens (tertiary/aromatic N) is 3. The van der Waals surface area contributed by atoms with Crippen molar-refractivity contribution in [2.45, 2.75) is 13.5 Å². The maximum Gasteiger partial charge on any atom is 0.140 e. The van der Waals surface area contributed by atoms with Gasteiger partial charge in [-0.3, -0.25) is 0 Å². The summed E-state index contributed by atoms with van der Waals surface area (Å²) in [7, 11) is 1.96. The Bertz CT molecular complexity index is 786. The van der Waals surface area contributed by atoms with E-state index in [1.807, 2.05) is 24.1 Å². The smallest absolute Gasteiger partial charge is 0.140 e. The molecular weight excluding hydrogens is 265 g/mol. The van der Waals surface area contributed by atoms with E-state index in [4.69, 9.17) is 0 Å². The predicted octanol–water partition coefficient (Wildman–Crippen LogP) is 3.71. The highest BCUT2D eigenvalue weighted by atomic mass is 19.1. The average Bonchev–Trinajstić information content (AvgIpc) is 2.49. The van der Waals surface area contributed by atoms with Crippen LogP contribution in [0.15, 0.2) is 48.8 Å². The van der Waals surface area contributed by atoms with Crippen LogP contribution in [0.25, 0.3) is 10.9 Å². The van der Waals surface area contributed by atoms with Crippen LogP contribution in [0.4, 0.5) is 10.2 Å². The standard InChI is InChI=1S/C17H16FN3/c1-12-5-3-4-6-13(12)10-21(2)17-15-9-14(18)7-8-16(15)19-11-20-17/h3-9,11H,10H2,1-2H3. The summed E-state index contributed by atoms with van der Waals surface area (Å²) in [5.41, 5.74) is 3.20. The first kappa shape index (κ1) is 13.5. The molecule has 0 atom stereocenters. The Morgan fingerprint density at radius 3 is 2.71 bits per heavy atom. The van der Waals surface area contributed by atoms with Gasteiger partial charge in [-0.15, -0.1) is 0 Å². The lowest BCUT2D eigenvalue weighted by atomic mass is 10.1. The van der Waals surface area contributed by atoms with E-state index in [0.717, 1.165) is 23.3 Å². The SMILES string of the molecule is Cc1ccccc1CN(C)c1ncnc2ccc(F)cc12. The first-order valence-corrected chi connectivity index (χ1v) is 6.81. The van der Waals surface area contributed by atoms with E-state index >= 15 is 0 Å². The highest BCUT2D eigenvalue weighted by Crippen LogP contribution is 2.24. The van der Waals surface area contributed by atoms with Crippen LogP contribution >= 0.6 is 0 Å². The van der Waals surface area contributed by atoms with Crippen molar-refractivity contribution < 1.29 is 4.39 Å². The maximum absolute atomic E-state index is 13.5. The fourth-order valence-electron chi connectivity index (χ4n) is 2.44. The molecule has 106 valence electrons. The Labute approximate surface area is 123 Å². The minimum absolute atomic E-state index is 0.275. The van der Waals surface area contributed by atoms with Crippen molar-refractivity contribution in [3.05, 3.63) is 65.7 Å². The van der Waals surface area contributed by atoms with Crippen LogP contribution < -0.4 is 4.90 Å². The minimum Gasteiger partial charge on any atom is -0.355 e. The molecule has 0 bridgehead atoms. The zero-order valence-electron chi connectivity index (χ0n) is 12.0. The molecule has 0 unspecified atom stereocenters. The molecule has 0 fully saturated rings. The van der Waals surface area contributed by atoms with Gasteiger partial charge in [-0.05, 0) is 36.2 Å². The molecule has 3 nitrogen and oxygen atoms in total. The minimum atomic E-state index is -0.275. The van der Waals surface area contributed by atoms with Crippen LogP contribution in [0.1, 0.15) is 11.1 Å². The van der Waals surface area contributed by atoms with Gasteiger partial charge in [0.25, 0.3) is 0 Å². The van der Waals surface area contributed by atoms with Crippen LogP contribution in [0.5, 0.6) is 0 Å². The molecule has 0 N–H and O–H groups in total. The number of fused-ring (bicyclic) bond motifs is 1. The third kappa shape index (κ3) is 2.70. The van der Waals surface area contributed by atoms with Crippen molar-refractivity contribution in [1.29, 1.82) is 0 Å². The number of hydrogen-bond acceptors (Lipinski definition) is 3. The Kier molecular flexibility index (Phi) is 3.52. The molecule has 0 aliphatic carbocycles. The largest absolute Gasteiger partial charge is 0.355 e. The van der Waals surface area contributed by atoms with Gasteiger partial charge >= 0.3 is 0 Å². The summed E-state index contributed by atoms with van der Waals surface area (Å²) in [6, 6.07) is 12.8. The predicted molar refractivity (Wildman–Crippen MR) is 82.8 cm³/mol. The second-order valence-corrected chi connectivity index (χ2v) is 5.14. The molecular formula is C17H16FN3. The lowest BCUT2D eigenvalue weighted by Crippen LogP contribution is -2.18. The normalized spacial score (nSPS) is 10.8. The molecule has 0 saturated heterocycles. The number of aryl methyl sites for hydroxylation is 1. The molecule has 3 aromatic rings. The number of anilines is 1. The van der Waals surface area contributed by atoms with Gasteiger partial charge in [0.05, 0.1) is 5.52 Å². The average molecular weight is 281 g/mol. The van der Waals surface area contributed by atoms with Crippen molar-refractivity contribution >= 4 is 16.7 Å². The van der Waals surface area contributed by atoms with Gasteiger partial charge in [0.2, 0.25) is 0 Å². The molecule has 1 aromatic heterocycles. The summed E-state index contributed by atoms with van der Waals surface area (Å²) in [5, 5.41) is 0.730. The monoisotopic (exact) mass is 281 g/mol. The van der Waals surface area contributed by atoms with E-state index in [0.29, 0.717) is 0 Å². The quantitative estimate of drug-likeness (QED) is 0.732. The molecule has 1 heterocycles. The highest BCUT2D eigenvalue weighted by molar-refractivity contribution is 5.89. The molecule has 0 amide bonds. The van der Waals surface area contributed by atoms with Crippen LogP contribution in [-0.4, -0.2) is 17.0 Å². The number of rotatable bonds is 3. The van der Waals surface area contributed by atoms with Gasteiger partial charge in [0.15, 0.2) is 0 Å².